The van der Waals surface area contributed by atoms with Crippen LogP contribution in [0.5, 0.6) is 0 Å². The first kappa shape index (κ1) is 30.4. The molecule has 0 radical (unpaired) electrons. The topological polar surface area (TPSA) is 29.0 Å². The molecule has 3 nitrogen and oxygen atoms in total. The SMILES string of the molecule is C1=CC2c3cc(-c4ccc5sc6c(c5c4)-c4cccc5cccc-6c45)ccc3N(c3nc(-c4ccc5ccccc5c4)c4c(ccc5ccccc54)n3)C2C=C1. The minimum absolute atomic E-state index is 0.0641. The van der Waals surface area contributed by atoms with Gasteiger partial charge in [0.05, 0.1) is 17.3 Å². The highest BCUT2D eigenvalue weighted by Crippen LogP contribution is 2.55. The Balaban J connectivity index is 0.977. The molecule has 2 aliphatic carbocycles. The summed E-state index contributed by atoms with van der Waals surface area (Å²) in [4.78, 5) is 14.7. The Morgan fingerprint density at radius 3 is 2.20 bits per heavy atom. The van der Waals surface area contributed by atoms with Crippen LogP contribution in [-0.4, -0.2) is 16.0 Å². The highest BCUT2D eigenvalue weighted by molar-refractivity contribution is 7.23. The summed E-state index contributed by atoms with van der Waals surface area (Å²) in [5.74, 6) is 0.901. The zero-order chi connectivity index (χ0) is 36.5. The van der Waals surface area contributed by atoms with Gasteiger partial charge in [0.2, 0.25) is 5.95 Å². The van der Waals surface area contributed by atoms with Crippen molar-refractivity contribution in [1.29, 1.82) is 0 Å². The fraction of sp³-hybridized carbons (Fsp3) is 0.0385. The van der Waals surface area contributed by atoms with Crippen molar-refractivity contribution in [3.05, 3.63) is 182 Å². The van der Waals surface area contributed by atoms with Gasteiger partial charge < -0.3 is 4.90 Å². The molecule has 0 saturated heterocycles. The third-order valence-corrected chi connectivity index (χ3v) is 13.5. The van der Waals surface area contributed by atoms with Gasteiger partial charge in [0.15, 0.2) is 0 Å². The summed E-state index contributed by atoms with van der Waals surface area (Å²) in [5, 5.41) is 9.89. The maximum atomic E-state index is 5.53. The van der Waals surface area contributed by atoms with E-state index in [1.165, 1.54) is 80.7 Å². The lowest BCUT2D eigenvalue weighted by Crippen LogP contribution is -2.30. The van der Waals surface area contributed by atoms with E-state index in [4.69, 9.17) is 9.97 Å². The predicted octanol–water partition coefficient (Wildman–Crippen LogP) is 14.0. The first-order valence-electron chi connectivity index (χ1n) is 19.3. The second kappa shape index (κ2) is 11.3. The largest absolute Gasteiger partial charge is 0.302 e. The molecule has 3 aliphatic rings. The van der Waals surface area contributed by atoms with Crippen molar-refractivity contribution in [1.82, 2.24) is 9.97 Å². The van der Waals surface area contributed by atoms with E-state index in [1.54, 1.807) is 0 Å². The van der Waals surface area contributed by atoms with E-state index < -0.39 is 0 Å². The lowest BCUT2D eigenvalue weighted by atomic mass is 9.89. The van der Waals surface area contributed by atoms with E-state index in [-0.39, 0.29) is 12.0 Å². The molecule has 3 heterocycles. The molecule has 8 aromatic carbocycles. The normalized spacial score (nSPS) is 16.4. The number of allylic oxidation sites excluding steroid dienone is 2. The summed E-state index contributed by atoms with van der Waals surface area (Å²) in [5.41, 5.74) is 12.0. The lowest BCUT2D eigenvalue weighted by Gasteiger charge is -2.27. The molecule has 0 spiro atoms. The maximum absolute atomic E-state index is 5.53. The first-order valence-corrected chi connectivity index (χ1v) is 20.1. The van der Waals surface area contributed by atoms with Crippen molar-refractivity contribution in [3.63, 3.8) is 0 Å². The summed E-state index contributed by atoms with van der Waals surface area (Å²) in [7, 11) is 0. The Kier molecular flexibility index (Phi) is 6.16. The fourth-order valence-corrected chi connectivity index (χ4v) is 11.0. The monoisotopic (exact) mass is 729 g/mol. The zero-order valence-corrected chi connectivity index (χ0v) is 31.0. The van der Waals surface area contributed by atoms with Crippen LogP contribution in [-0.2, 0) is 0 Å². The first-order chi connectivity index (χ1) is 27.7. The molecule has 2 unspecified atom stereocenters. The Labute approximate surface area is 327 Å². The molecule has 0 amide bonds. The maximum Gasteiger partial charge on any atom is 0.231 e. The average molecular weight is 730 g/mol. The van der Waals surface area contributed by atoms with E-state index in [9.17, 15) is 0 Å². The van der Waals surface area contributed by atoms with Crippen molar-refractivity contribution >= 4 is 76.3 Å². The van der Waals surface area contributed by atoms with Crippen molar-refractivity contribution < 1.29 is 0 Å². The second-order valence-electron chi connectivity index (χ2n) is 15.3. The van der Waals surface area contributed by atoms with Crippen molar-refractivity contribution in [2.75, 3.05) is 4.90 Å². The van der Waals surface area contributed by atoms with Gasteiger partial charge in [-0.3, -0.25) is 0 Å². The highest BCUT2D eigenvalue weighted by atomic mass is 32.1. The molecule has 260 valence electrons. The van der Waals surface area contributed by atoms with Gasteiger partial charge in [0.25, 0.3) is 0 Å². The van der Waals surface area contributed by atoms with Crippen molar-refractivity contribution in [2.24, 2.45) is 0 Å². The molecular weight excluding hydrogens is 699 g/mol. The number of benzene rings is 8. The van der Waals surface area contributed by atoms with E-state index in [0.717, 1.165) is 33.8 Å². The van der Waals surface area contributed by atoms with Crippen LogP contribution in [0.4, 0.5) is 11.6 Å². The lowest BCUT2D eigenvalue weighted by molar-refractivity contribution is 0.731. The standard InChI is InChI=1S/C52H31N3S/c1-2-11-33-27-36(20-19-30(33)9-1)50-49-37-14-4-3-10-31(37)21-24-43(49)53-52(54-50)55-44-18-6-5-15-38(44)41-28-34(22-25-45(41)55)35-23-26-46-42(29-35)48-39-16-7-12-32-13-8-17-40(47(32)39)51(48)56-46/h1-29,38,44H. The van der Waals surface area contributed by atoms with Gasteiger partial charge in [-0.15, -0.1) is 11.3 Å². The molecule has 2 aromatic heterocycles. The van der Waals surface area contributed by atoms with Crippen LogP contribution in [0.2, 0.25) is 0 Å². The van der Waals surface area contributed by atoms with Crippen LogP contribution in [0.1, 0.15) is 11.5 Å². The molecule has 2 atom stereocenters. The number of aromatic nitrogens is 2. The van der Waals surface area contributed by atoms with Gasteiger partial charge in [0.1, 0.15) is 0 Å². The van der Waals surface area contributed by atoms with Crippen LogP contribution < -0.4 is 4.90 Å². The number of anilines is 2. The molecule has 10 aromatic rings. The Bertz CT molecular complexity index is 3400. The summed E-state index contributed by atoms with van der Waals surface area (Å²) in [6.45, 7) is 0. The zero-order valence-electron chi connectivity index (χ0n) is 30.1. The molecular formula is C52H31N3S. The Morgan fingerprint density at radius 1 is 0.518 bits per heavy atom. The van der Waals surface area contributed by atoms with E-state index in [0.29, 0.717) is 0 Å². The minimum atomic E-state index is 0.0641. The smallest absolute Gasteiger partial charge is 0.231 e. The highest BCUT2D eigenvalue weighted by Gasteiger charge is 2.39. The Hall–Kier alpha value is -6.88. The molecule has 0 fully saturated rings. The fourth-order valence-electron chi connectivity index (χ4n) is 9.77. The van der Waals surface area contributed by atoms with Gasteiger partial charge in [-0.25, -0.2) is 9.97 Å². The average Bonchev–Trinajstić information content (AvgIpc) is 3.91. The van der Waals surface area contributed by atoms with E-state index in [1.807, 2.05) is 11.3 Å². The number of rotatable bonds is 3. The van der Waals surface area contributed by atoms with Gasteiger partial charge >= 0.3 is 0 Å². The summed E-state index contributed by atoms with van der Waals surface area (Å²) in [6, 6.07) is 55.7. The van der Waals surface area contributed by atoms with Gasteiger partial charge in [-0.05, 0) is 91.0 Å². The van der Waals surface area contributed by atoms with Gasteiger partial charge in [-0.2, -0.15) is 0 Å². The van der Waals surface area contributed by atoms with Gasteiger partial charge in [-0.1, -0.05) is 140 Å². The number of hydrogen-bond acceptors (Lipinski definition) is 4. The molecule has 1 aliphatic heterocycles. The van der Waals surface area contributed by atoms with Crippen molar-refractivity contribution in [2.45, 2.75) is 12.0 Å². The molecule has 0 saturated carbocycles. The summed E-state index contributed by atoms with van der Waals surface area (Å²) < 4.78 is 1.33. The summed E-state index contributed by atoms with van der Waals surface area (Å²) in [6.07, 6.45) is 9.02. The van der Waals surface area contributed by atoms with Crippen LogP contribution in [0.3, 0.4) is 0 Å². The third-order valence-electron chi connectivity index (χ3n) is 12.3. The number of fused-ring (bicyclic) bond motifs is 12. The molecule has 0 bridgehead atoms. The third kappa shape index (κ3) is 4.22. The van der Waals surface area contributed by atoms with E-state index in [2.05, 4.69) is 181 Å². The molecule has 56 heavy (non-hydrogen) atoms. The predicted molar refractivity (Wildman–Crippen MR) is 236 cm³/mol. The molecule has 13 rings (SSSR count). The van der Waals surface area contributed by atoms with Crippen molar-refractivity contribution in [3.8, 4) is 44.0 Å². The van der Waals surface area contributed by atoms with Crippen LogP contribution >= 0.6 is 11.3 Å². The van der Waals surface area contributed by atoms with Gasteiger partial charge in [0, 0.05) is 48.6 Å². The van der Waals surface area contributed by atoms with Crippen LogP contribution in [0.25, 0.3) is 97.3 Å². The van der Waals surface area contributed by atoms with Crippen LogP contribution in [0, 0.1) is 0 Å². The van der Waals surface area contributed by atoms with Crippen LogP contribution in [0.15, 0.2) is 176 Å². The number of hydrogen-bond donors (Lipinski definition) is 0. The number of nitrogens with zero attached hydrogens (tertiary/aromatic N) is 3. The minimum Gasteiger partial charge on any atom is -0.302 e. The number of thiophene rings is 1. The quantitative estimate of drug-likeness (QED) is 0.170. The Morgan fingerprint density at radius 2 is 1.27 bits per heavy atom. The summed E-state index contributed by atoms with van der Waals surface area (Å²) >= 11 is 1.92. The second-order valence-corrected chi connectivity index (χ2v) is 16.3. The molecule has 4 heteroatoms. The van der Waals surface area contributed by atoms with E-state index >= 15 is 0 Å². The molecule has 0 N–H and O–H groups in total.